The summed E-state index contributed by atoms with van der Waals surface area (Å²) in [4.78, 5) is 26.4. The van der Waals surface area contributed by atoms with Crippen molar-refractivity contribution < 1.29 is 28.0 Å². The van der Waals surface area contributed by atoms with E-state index in [1.165, 1.54) is 24.5 Å². The van der Waals surface area contributed by atoms with Gasteiger partial charge in [-0.1, -0.05) is 0 Å². The summed E-state index contributed by atoms with van der Waals surface area (Å²) in [6, 6.07) is 6.74. The highest BCUT2D eigenvalue weighted by atomic mass is 19.4. The molecule has 0 saturated carbocycles. The van der Waals surface area contributed by atoms with Crippen LogP contribution in [0, 0.1) is 10.1 Å². The topological polar surface area (TPSA) is 109 Å². The SMILES string of the molecule is O=C(c1ccncc1)N1N=C(C(F)(F)F)C[C@]1(O)c1ccc([N+](=O)[O-])cc1. The van der Waals surface area contributed by atoms with Crippen LogP contribution in [-0.2, 0) is 5.72 Å². The van der Waals surface area contributed by atoms with Crippen molar-refractivity contribution in [3.05, 3.63) is 70.0 Å². The first-order valence-corrected chi connectivity index (χ1v) is 7.49. The molecule has 1 aromatic carbocycles. The summed E-state index contributed by atoms with van der Waals surface area (Å²) in [5, 5.41) is 25.3. The molecule has 1 aliphatic rings. The van der Waals surface area contributed by atoms with Gasteiger partial charge in [-0.15, -0.1) is 0 Å². The van der Waals surface area contributed by atoms with E-state index in [0.717, 1.165) is 24.3 Å². The van der Waals surface area contributed by atoms with E-state index in [1.807, 2.05) is 0 Å². The van der Waals surface area contributed by atoms with Crippen molar-refractivity contribution >= 4 is 17.3 Å². The van der Waals surface area contributed by atoms with Crippen molar-refractivity contribution in [2.75, 3.05) is 0 Å². The second-order valence-corrected chi connectivity index (χ2v) is 5.69. The van der Waals surface area contributed by atoms with Crippen LogP contribution in [0.1, 0.15) is 22.3 Å². The molecular formula is C16H11F3N4O4. The van der Waals surface area contributed by atoms with Crippen molar-refractivity contribution in [2.45, 2.75) is 18.3 Å². The second-order valence-electron chi connectivity index (χ2n) is 5.69. The first-order chi connectivity index (χ1) is 12.6. The van der Waals surface area contributed by atoms with Gasteiger partial charge in [0.2, 0.25) is 0 Å². The lowest BCUT2D eigenvalue weighted by Gasteiger charge is -2.31. The lowest BCUT2D eigenvalue weighted by Crippen LogP contribution is -2.43. The summed E-state index contributed by atoms with van der Waals surface area (Å²) >= 11 is 0. The molecule has 2 heterocycles. The van der Waals surface area contributed by atoms with E-state index in [4.69, 9.17) is 0 Å². The molecule has 0 fully saturated rings. The Hall–Kier alpha value is -3.34. The van der Waals surface area contributed by atoms with Gasteiger partial charge in [-0.2, -0.15) is 23.3 Å². The number of hydrazone groups is 1. The molecule has 2 aromatic rings. The van der Waals surface area contributed by atoms with Gasteiger partial charge < -0.3 is 5.11 Å². The van der Waals surface area contributed by atoms with Crippen molar-refractivity contribution in [2.24, 2.45) is 5.10 Å². The molecule has 0 spiro atoms. The predicted molar refractivity (Wildman–Crippen MR) is 85.5 cm³/mol. The number of aromatic nitrogens is 1. The zero-order chi connectivity index (χ0) is 19.8. The van der Waals surface area contributed by atoms with E-state index >= 15 is 0 Å². The van der Waals surface area contributed by atoms with Gasteiger partial charge in [-0.3, -0.25) is 19.9 Å². The molecule has 1 amide bonds. The van der Waals surface area contributed by atoms with Crippen LogP contribution in [0.5, 0.6) is 0 Å². The Bertz CT molecular complexity index is 916. The molecule has 1 N–H and O–H groups in total. The minimum Gasteiger partial charge on any atom is -0.365 e. The van der Waals surface area contributed by atoms with E-state index in [2.05, 4.69) is 10.1 Å². The fourth-order valence-corrected chi connectivity index (χ4v) is 2.61. The third-order valence-corrected chi connectivity index (χ3v) is 3.97. The molecule has 1 atom stereocenters. The quantitative estimate of drug-likeness (QED) is 0.650. The number of carbonyl (C=O) groups is 1. The maximum atomic E-state index is 13.1. The lowest BCUT2D eigenvalue weighted by atomic mass is 9.96. The molecule has 3 rings (SSSR count). The van der Waals surface area contributed by atoms with Crippen LogP contribution in [0.3, 0.4) is 0 Å². The molecule has 8 nitrogen and oxygen atoms in total. The molecule has 0 aliphatic carbocycles. The van der Waals surface area contributed by atoms with Gasteiger partial charge in [0.05, 0.1) is 11.3 Å². The maximum absolute atomic E-state index is 13.1. The number of halogens is 3. The number of amides is 1. The van der Waals surface area contributed by atoms with Crippen molar-refractivity contribution in [3.63, 3.8) is 0 Å². The Kier molecular flexibility index (Phi) is 4.39. The fourth-order valence-electron chi connectivity index (χ4n) is 2.61. The average Bonchev–Trinajstić information content (AvgIpc) is 3.01. The molecule has 1 aromatic heterocycles. The van der Waals surface area contributed by atoms with Gasteiger partial charge >= 0.3 is 6.18 Å². The average molecular weight is 380 g/mol. The minimum atomic E-state index is -4.86. The summed E-state index contributed by atoms with van der Waals surface area (Å²) < 4.78 is 39.4. The lowest BCUT2D eigenvalue weighted by molar-refractivity contribution is -0.384. The first kappa shape index (κ1) is 18.5. The Morgan fingerprint density at radius 1 is 1.19 bits per heavy atom. The molecule has 0 unspecified atom stereocenters. The molecule has 1 aliphatic heterocycles. The highest BCUT2D eigenvalue weighted by Crippen LogP contribution is 2.40. The van der Waals surface area contributed by atoms with Gasteiger partial charge in [0.1, 0.15) is 5.71 Å². The number of carbonyl (C=O) groups excluding carboxylic acids is 1. The van der Waals surface area contributed by atoms with E-state index in [-0.39, 0.29) is 16.8 Å². The highest BCUT2D eigenvalue weighted by molar-refractivity contribution is 5.99. The largest absolute Gasteiger partial charge is 0.431 e. The highest BCUT2D eigenvalue weighted by Gasteiger charge is 2.53. The molecular weight excluding hydrogens is 369 g/mol. The number of hydrogen-bond acceptors (Lipinski definition) is 6. The van der Waals surface area contributed by atoms with Gasteiger partial charge in [0, 0.05) is 35.7 Å². The van der Waals surface area contributed by atoms with Crippen LogP contribution >= 0.6 is 0 Å². The molecule has 0 bridgehead atoms. The summed E-state index contributed by atoms with van der Waals surface area (Å²) in [5.74, 6) is -0.975. The molecule has 0 saturated heterocycles. The Morgan fingerprint density at radius 3 is 2.30 bits per heavy atom. The van der Waals surface area contributed by atoms with Crippen molar-refractivity contribution in [3.8, 4) is 0 Å². The number of nitrogens with zero attached hydrogens (tertiary/aromatic N) is 4. The summed E-state index contributed by atoms with van der Waals surface area (Å²) in [5.41, 5.74) is -4.27. The summed E-state index contributed by atoms with van der Waals surface area (Å²) in [6.07, 6.45) is -3.33. The van der Waals surface area contributed by atoms with Gasteiger partial charge in [0.25, 0.3) is 11.6 Å². The van der Waals surface area contributed by atoms with Crippen molar-refractivity contribution in [1.82, 2.24) is 9.99 Å². The Morgan fingerprint density at radius 2 is 1.78 bits per heavy atom. The predicted octanol–water partition coefficient (Wildman–Crippen LogP) is 2.60. The molecule has 0 radical (unpaired) electrons. The van der Waals surface area contributed by atoms with Crippen molar-refractivity contribution in [1.29, 1.82) is 0 Å². The summed E-state index contributed by atoms with van der Waals surface area (Å²) in [7, 11) is 0. The Labute approximate surface area is 149 Å². The van der Waals surface area contributed by atoms with E-state index in [1.54, 1.807) is 0 Å². The zero-order valence-electron chi connectivity index (χ0n) is 13.4. The van der Waals surface area contributed by atoms with E-state index in [0.29, 0.717) is 5.01 Å². The minimum absolute atomic E-state index is 0.0301. The van der Waals surface area contributed by atoms with Crippen LogP contribution in [0.15, 0.2) is 53.9 Å². The number of nitro groups is 1. The van der Waals surface area contributed by atoms with E-state index < -0.39 is 34.9 Å². The van der Waals surface area contributed by atoms with Crippen LogP contribution in [0.2, 0.25) is 0 Å². The number of non-ortho nitro benzene ring substituents is 1. The fraction of sp³-hybridized carbons (Fsp3) is 0.188. The first-order valence-electron chi connectivity index (χ1n) is 7.49. The van der Waals surface area contributed by atoms with Gasteiger partial charge in [0.15, 0.2) is 5.72 Å². The molecule has 11 heteroatoms. The standard InChI is InChI=1S/C16H11F3N4O4/c17-16(18,19)13-9-15(25,11-1-3-12(4-2-11)23(26)27)22(21-13)14(24)10-5-7-20-8-6-10/h1-8,25H,9H2/t15-/m0/s1. The van der Waals surface area contributed by atoms with Crippen LogP contribution < -0.4 is 0 Å². The number of aliphatic hydroxyl groups is 1. The number of benzene rings is 1. The number of hydrogen-bond donors (Lipinski definition) is 1. The third kappa shape index (κ3) is 3.36. The third-order valence-electron chi connectivity index (χ3n) is 3.97. The number of nitro benzene ring substituents is 1. The number of pyridine rings is 1. The monoisotopic (exact) mass is 380 g/mol. The van der Waals surface area contributed by atoms with Gasteiger partial charge in [-0.05, 0) is 24.3 Å². The molecule has 140 valence electrons. The number of rotatable bonds is 3. The van der Waals surface area contributed by atoms with Gasteiger partial charge in [-0.25, -0.2) is 0 Å². The maximum Gasteiger partial charge on any atom is 0.431 e. The van der Waals surface area contributed by atoms with E-state index in [9.17, 15) is 33.2 Å². The smallest absolute Gasteiger partial charge is 0.365 e. The molecule has 27 heavy (non-hydrogen) atoms. The summed E-state index contributed by atoms with van der Waals surface area (Å²) in [6.45, 7) is 0. The number of alkyl halides is 3. The second kappa shape index (κ2) is 6.43. The van der Waals surface area contributed by atoms with Crippen LogP contribution in [0.4, 0.5) is 18.9 Å². The zero-order valence-corrected chi connectivity index (χ0v) is 13.4. The normalized spacial score (nSPS) is 19.7. The Balaban J connectivity index is 2.06. The van der Waals surface area contributed by atoms with Crippen LogP contribution in [0.25, 0.3) is 0 Å². The van der Waals surface area contributed by atoms with Crippen LogP contribution in [-0.4, -0.2) is 37.8 Å².